The Morgan fingerprint density at radius 2 is 2.00 bits per heavy atom. The molecule has 3 aliphatic rings. The monoisotopic (exact) mass is 335 g/mol. The SMILES string of the molecule is C[C@H](Cl)[C@@H]1C[C@@H]2CCC3(C[C@@H]2N1Cc1ccccc1)OCCO3. The molecule has 2 aliphatic heterocycles. The molecule has 2 saturated heterocycles. The molecular formula is C19H26ClNO2. The van der Waals surface area contributed by atoms with E-state index in [0.717, 1.165) is 38.5 Å². The Morgan fingerprint density at radius 3 is 2.70 bits per heavy atom. The molecule has 2 heterocycles. The van der Waals surface area contributed by atoms with Crippen molar-refractivity contribution in [2.45, 2.75) is 62.4 Å². The van der Waals surface area contributed by atoms with Crippen LogP contribution in [-0.2, 0) is 16.0 Å². The van der Waals surface area contributed by atoms with Gasteiger partial charge in [0.1, 0.15) is 0 Å². The second-order valence-electron chi connectivity index (χ2n) is 7.32. The largest absolute Gasteiger partial charge is 0.347 e. The van der Waals surface area contributed by atoms with E-state index < -0.39 is 0 Å². The maximum absolute atomic E-state index is 6.56. The molecule has 3 nitrogen and oxygen atoms in total. The number of benzene rings is 1. The molecular weight excluding hydrogens is 310 g/mol. The minimum atomic E-state index is -0.319. The van der Waals surface area contributed by atoms with Crippen molar-refractivity contribution in [1.29, 1.82) is 0 Å². The van der Waals surface area contributed by atoms with E-state index in [1.807, 2.05) is 0 Å². The summed E-state index contributed by atoms with van der Waals surface area (Å²) in [5.41, 5.74) is 1.36. The molecule has 0 bridgehead atoms. The molecule has 1 aromatic carbocycles. The Labute approximate surface area is 143 Å². The minimum Gasteiger partial charge on any atom is -0.347 e. The van der Waals surface area contributed by atoms with Crippen LogP contribution >= 0.6 is 11.6 Å². The highest BCUT2D eigenvalue weighted by Crippen LogP contribution is 2.47. The van der Waals surface area contributed by atoms with E-state index in [0.29, 0.717) is 12.1 Å². The summed E-state index contributed by atoms with van der Waals surface area (Å²) in [6.07, 6.45) is 4.43. The number of likely N-dealkylation sites (tertiary alicyclic amines) is 1. The molecule has 0 N–H and O–H groups in total. The first-order valence-electron chi connectivity index (χ1n) is 8.88. The highest BCUT2D eigenvalue weighted by atomic mass is 35.5. The number of alkyl halides is 1. The molecule has 1 aromatic rings. The molecule has 3 fully saturated rings. The fraction of sp³-hybridized carbons (Fsp3) is 0.684. The molecule has 126 valence electrons. The van der Waals surface area contributed by atoms with Crippen LogP contribution in [0.15, 0.2) is 30.3 Å². The molecule has 4 heteroatoms. The standard InChI is InChI=1S/C19H26ClNO2/c1-14(20)17-11-16-7-8-19(22-9-10-23-19)12-18(16)21(17)13-15-5-3-2-4-6-15/h2-6,14,16-18H,7-13H2,1H3/t14-,16-,17-,18-/m0/s1. The van der Waals surface area contributed by atoms with Gasteiger partial charge >= 0.3 is 0 Å². The second kappa shape index (κ2) is 6.36. The van der Waals surface area contributed by atoms with Crippen molar-refractivity contribution < 1.29 is 9.47 Å². The average Bonchev–Trinajstić information content (AvgIpc) is 3.14. The molecule has 0 radical (unpaired) electrons. The molecule has 1 aliphatic carbocycles. The van der Waals surface area contributed by atoms with Crippen molar-refractivity contribution in [3.05, 3.63) is 35.9 Å². The van der Waals surface area contributed by atoms with Gasteiger partial charge in [0.05, 0.1) is 13.2 Å². The third kappa shape index (κ3) is 3.05. The van der Waals surface area contributed by atoms with Crippen molar-refractivity contribution >= 4 is 11.6 Å². The molecule has 1 spiro atoms. The Bertz CT molecular complexity index is 529. The molecule has 0 aromatic heterocycles. The molecule has 23 heavy (non-hydrogen) atoms. The zero-order valence-electron chi connectivity index (χ0n) is 13.8. The first kappa shape index (κ1) is 15.9. The lowest BCUT2D eigenvalue weighted by atomic mass is 9.81. The van der Waals surface area contributed by atoms with Crippen LogP contribution in [-0.4, -0.2) is 41.4 Å². The van der Waals surface area contributed by atoms with Gasteiger partial charge in [-0.2, -0.15) is 0 Å². The van der Waals surface area contributed by atoms with Gasteiger partial charge < -0.3 is 9.47 Å². The predicted molar refractivity (Wildman–Crippen MR) is 91.5 cm³/mol. The Hall–Kier alpha value is -0.610. The van der Waals surface area contributed by atoms with Crippen LogP contribution in [0.1, 0.15) is 38.2 Å². The van der Waals surface area contributed by atoms with Crippen LogP contribution in [0.2, 0.25) is 0 Å². The Balaban J connectivity index is 1.57. The summed E-state index contributed by atoms with van der Waals surface area (Å²) in [5.74, 6) is 0.406. The zero-order valence-corrected chi connectivity index (χ0v) is 14.5. The van der Waals surface area contributed by atoms with E-state index in [-0.39, 0.29) is 11.2 Å². The highest BCUT2D eigenvalue weighted by Gasteiger charge is 2.52. The fourth-order valence-corrected chi connectivity index (χ4v) is 5.03. The number of rotatable bonds is 3. The topological polar surface area (TPSA) is 21.7 Å². The summed E-state index contributed by atoms with van der Waals surface area (Å²) in [4.78, 5) is 2.63. The van der Waals surface area contributed by atoms with E-state index >= 15 is 0 Å². The molecule has 0 unspecified atom stereocenters. The minimum absolute atomic E-state index is 0.172. The highest BCUT2D eigenvalue weighted by molar-refractivity contribution is 6.20. The van der Waals surface area contributed by atoms with Gasteiger partial charge in [-0.15, -0.1) is 11.6 Å². The Kier molecular flexibility index (Phi) is 4.39. The number of nitrogens with zero attached hydrogens (tertiary/aromatic N) is 1. The van der Waals surface area contributed by atoms with Crippen LogP contribution in [0.5, 0.6) is 0 Å². The van der Waals surface area contributed by atoms with Crippen LogP contribution in [0.4, 0.5) is 0 Å². The van der Waals surface area contributed by atoms with Gasteiger partial charge in [-0.1, -0.05) is 30.3 Å². The normalized spacial score (nSPS) is 34.6. The lowest BCUT2D eigenvalue weighted by Crippen LogP contribution is -2.48. The smallest absolute Gasteiger partial charge is 0.170 e. The van der Waals surface area contributed by atoms with Gasteiger partial charge in [-0.05, 0) is 31.2 Å². The van der Waals surface area contributed by atoms with Gasteiger partial charge in [0.25, 0.3) is 0 Å². The van der Waals surface area contributed by atoms with Gasteiger partial charge in [0.15, 0.2) is 5.79 Å². The molecule has 0 amide bonds. The summed E-state index contributed by atoms with van der Waals surface area (Å²) < 4.78 is 12.0. The lowest BCUT2D eigenvalue weighted by Gasteiger charge is -2.42. The molecule has 4 atom stereocenters. The van der Waals surface area contributed by atoms with Crippen LogP contribution in [0.25, 0.3) is 0 Å². The van der Waals surface area contributed by atoms with Crippen molar-refractivity contribution in [3.8, 4) is 0 Å². The number of hydrogen-bond acceptors (Lipinski definition) is 3. The summed E-state index contributed by atoms with van der Waals surface area (Å²) in [6, 6.07) is 11.7. The average molecular weight is 336 g/mol. The van der Waals surface area contributed by atoms with E-state index in [2.05, 4.69) is 42.2 Å². The van der Waals surface area contributed by atoms with Crippen molar-refractivity contribution in [2.75, 3.05) is 13.2 Å². The number of halogens is 1. The van der Waals surface area contributed by atoms with E-state index in [9.17, 15) is 0 Å². The first-order chi connectivity index (χ1) is 11.2. The number of fused-ring (bicyclic) bond motifs is 1. The van der Waals surface area contributed by atoms with Crippen LogP contribution in [0, 0.1) is 5.92 Å². The predicted octanol–water partition coefficient (Wildman–Crippen LogP) is 3.80. The van der Waals surface area contributed by atoms with Crippen molar-refractivity contribution in [3.63, 3.8) is 0 Å². The number of hydrogen-bond donors (Lipinski definition) is 0. The fourth-order valence-electron chi connectivity index (χ4n) is 4.78. The molecule has 4 rings (SSSR count). The maximum Gasteiger partial charge on any atom is 0.170 e. The zero-order chi connectivity index (χ0) is 15.9. The van der Waals surface area contributed by atoms with Crippen molar-refractivity contribution in [2.24, 2.45) is 5.92 Å². The van der Waals surface area contributed by atoms with E-state index in [1.165, 1.54) is 18.4 Å². The van der Waals surface area contributed by atoms with Crippen LogP contribution in [0.3, 0.4) is 0 Å². The van der Waals surface area contributed by atoms with E-state index in [4.69, 9.17) is 21.1 Å². The van der Waals surface area contributed by atoms with Gasteiger partial charge in [-0.3, -0.25) is 4.90 Å². The van der Waals surface area contributed by atoms with Crippen LogP contribution < -0.4 is 0 Å². The second-order valence-corrected chi connectivity index (χ2v) is 8.00. The summed E-state index contributed by atoms with van der Waals surface area (Å²) >= 11 is 6.56. The van der Waals surface area contributed by atoms with Crippen molar-refractivity contribution in [1.82, 2.24) is 4.90 Å². The first-order valence-corrected chi connectivity index (χ1v) is 9.32. The Morgan fingerprint density at radius 1 is 1.26 bits per heavy atom. The third-order valence-corrected chi connectivity index (χ3v) is 6.20. The number of ether oxygens (including phenoxy) is 2. The molecule has 1 saturated carbocycles. The maximum atomic E-state index is 6.56. The third-order valence-electron chi connectivity index (χ3n) is 5.91. The van der Waals surface area contributed by atoms with E-state index in [1.54, 1.807) is 0 Å². The van der Waals surface area contributed by atoms with Gasteiger partial charge in [0, 0.05) is 36.8 Å². The summed E-state index contributed by atoms with van der Waals surface area (Å²) in [5, 5.41) is 0.172. The van der Waals surface area contributed by atoms with Gasteiger partial charge in [-0.25, -0.2) is 0 Å². The van der Waals surface area contributed by atoms with Gasteiger partial charge in [0.2, 0.25) is 0 Å². The lowest BCUT2D eigenvalue weighted by molar-refractivity contribution is -0.192. The summed E-state index contributed by atoms with van der Waals surface area (Å²) in [6.45, 7) is 4.59. The quantitative estimate of drug-likeness (QED) is 0.784. The summed E-state index contributed by atoms with van der Waals surface area (Å²) in [7, 11) is 0.